The smallest absolute Gasteiger partial charge is 0.387 e. The molecular weight excluding hydrogens is 530 g/mol. The summed E-state index contributed by atoms with van der Waals surface area (Å²) in [6.07, 6.45) is -3.37. The molecule has 8 N–H and O–H groups in total. The number of hydrogen-bond donors (Lipinski definition) is 8. The van der Waals surface area contributed by atoms with Crippen LogP contribution in [0.3, 0.4) is 0 Å². The quantitative estimate of drug-likeness (QED) is 0.0806. The Bertz CT molecular complexity index is 1260. The van der Waals surface area contributed by atoms with Crippen LogP contribution in [0, 0.1) is 0 Å². The number of imidazole rings is 1. The molecule has 0 spiro atoms. The van der Waals surface area contributed by atoms with Crippen molar-refractivity contribution in [1.29, 1.82) is 0 Å². The minimum absolute atomic E-state index is 0.0308. The molecule has 3 heterocycles. The van der Waals surface area contributed by atoms with Gasteiger partial charge in [-0.05, 0) is 12.5 Å². The van der Waals surface area contributed by atoms with Gasteiger partial charge in [0, 0.05) is 13.1 Å². The van der Waals surface area contributed by atoms with Crippen LogP contribution in [-0.2, 0) is 27.5 Å². The molecule has 1 amide bonds. The Balaban J connectivity index is 1.71. The molecule has 20 heteroatoms. The number of fused-ring (bicyclic) bond motifs is 1. The van der Waals surface area contributed by atoms with E-state index < -0.39 is 52.4 Å². The number of nitrogens with one attached hydrogen (secondary N) is 3. The second kappa shape index (κ2) is 11.3. The predicted octanol–water partition coefficient (Wildman–Crippen LogP) is -1.93. The molecule has 1 unspecified atom stereocenters. The molecule has 0 radical (unpaired) electrons. The van der Waals surface area contributed by atoms with E-state index in [4.69, 9.17) is 14.5 Å². The Hall–Kier alpha value is -2.50. The van der Waals surface area contributed by atoms with Crippen LogP contribution in [0.25, 0.3) is 11.2 Å². The van der Waals surface area contributed by atoms with Gasteiger partial charge in [-0.3, -0.25) is 23.7 Å². The number of rotatable bonds is 12. The minimum atomic E-state index is -5.36. The molecule has 5 atom stereocenters. The van der Waals surface area contributed by atoms with Crippen molar-refractivity contribution in [2.75, 3.05) is 25.0 Å². The van der Waals surface area contributed by atoms with Gasteiger partial charge in [0.05, 0.1) is 12.9 Å². The van der Waals surface area contributed by atoms with E-state index in [1.54, 1.807) is 0 Å². The van der Waals surface area contributed by atoms with Crippen LogP contribution in [0.5, 0.6) is 0 Å². The molecule has 0 bridgehead atoms. The largest absolute Gasteiger partial charge is 0.481 e. The minimum Gasteiger partial charge on any atom is -0.387 e. The first-order valence-corrected chi connectivity index (χ1v) is 13.2. The van der Waals surface area contributed by atoms with E-state index in [0.717, 1.165) is 17.0 Å². The summed E-state index contributed by atoms with van der Waals surface area (Å²) < 4.78 is 37.1. The molecule has 36 heavy (non-hydrogen) atoms. The lowest BCUT2D eigenvalue weighted by atomic mass is 10.1. The number of nitrogens with zero attached hydrogens (tertiary/aromatic N) is 3. The highest BCUT2D eigenvalue weighted by molar-refractivity contribution is 7.60. The molecule has 1 fully saturated rings. The summed E-state index contributed by atoms with van der Waals surface area (Å²) in [7, 11) is -10.6. The SMILES string of the molecule is C=CC(=O)NCCCNc1nc2c(ncn2[C@@H]2O[C@H](COP(=O)(O)OP(=O)(O)O)[C@@H](O)[C@H]2O)c(=O)[nH]1. The number of carbonyl (C=O) groups excluding carboxylic acids is 1. The Morgan fingerprint density at radius 3 is 2.67 bits per heavy atom. The number of amides is 1. The predicted molar refractivity (Wildman–Crippen MR) is 119 cm³/mol. The van der Waals surface area contributed by atoms with Crippen LogP contribution in [-0.4, -0.2) is 88.3 Å². The fraction of sp³-hybridized carbons (Fsp3) is 0.500. The van der Waals surface area contributed by atoms with Gasteiger partial charge < -0.3 is 40.3 Å². The molecular formula is C16H24N6O12P2. The Labute approximate surface area is 201 Å². The fourth-order valence-electron chi connectivity index (χ4n) is 3.20. The topological polar surface area (TPSA) is 268 Å². The summed E-state index contributed by atoms with van der Waals surface area (Å²) >= 11 is 0. The summed E-state index contributed by atoms with van der Waals surface area (Å²) in [6, 6.07) is 0. The zero-order valence-corrected chi connectivity index (χ0v) is 20.1. The third kappa shape index (κ3) is 7.04. The van der Waals surface area contributed by atoms with Gasteiger partial charge in [-0.25, -0.2) is 14.1 Å². The number of hydrogen-bond acceptors (Lipinski definition) is 12. The van der Waals surface area contributed by atoms with Crippen molar-refractivity contribution < 1.29 is 52.4 Å². The lowest BCUT2D eigenvalue weighted by molar-refractivity contribution is -0.116. The van der Waals surface area contributed by atoms with Gasteiger partial charge in [-0.1, -0.05) is 6.58 Å². The fourth-order valence-corrected chi connectivity index (χ4v) is 4.80. The van der Waals surface area contributed by atoms with E-state index in [2.05, 4.69) is 41.0 Å². The second-order valence-corrected chi connectivity index (χ2v) is 10.2. The molecule has 2 aromatic heterocycles. The molecule has 1 aliphatic heterocycles. The van der Waals surface area contributed by atoms with Crippen LogP contribution in [0.4, 0.5) is 5.95 Å². The average molecular weight is 554 g/mol. The highest BCUT2D eigenvalue weighted by Gasteiger charge is 2.46. The summed E-state index contributed by atoms with van der Waals surface area (Å²) in [6.45, 7) is 3.10. The molecule has 0 saturated carbocycles. The van der Waals surface area contributed by atoms with Crippen molar-refractivity contribution in [3.8, 4) is 0 Å². The first-order valence-electron chi connectivity index (χ1n) is 10.2. The second-order valence-electron chi connectivity index (χ2n) is 7.40. The number of aliphatic hydroxyl groups is 2. The summed E-state index contributed by atoms with van der Waals surface area (Å²) in [5, 5.41) is 26.2. The maximum absolute atomic E-state index is 12.4. The van der Waals surface area contributed by atoms with Crippen molar-refractivity contribution in [2.45, 2.75) is 31.0 Å². The number of H-pyrrole nitrogens is 1. The molecule has 3 rings (SSSR count). The maximum atomic E-state index is 12.4. The Morgan fingerprint density at radius 1 is 1.28 bits per heavy atom. The molecule has 1 aliphatic rings. The summed E-state index contributed by atoms with van der Waals surface area (Å²) in [4.78, 5) is 60.9. The molecule has 0 aliphatic carbocycles. The van der Waals surface area contributed by atoms with E-state index in [1.807, 2.05) is 0 Å². The summed E-state index contributed by atoms with van der Waals surface area (Å²) in [5.41, 5.74) is -0.764. The number of anilines is 1. The molecule has 200 valence electrons. The van der Waals surface area contributed by atoms with Gasteiger partial charge in [0.2, 0.25) is 11.9 Å². The molecule has 2 aromatic rings. The van der Waals surface area contributed by atoms with Gasteiger partial charge in [0.1, 0.15) is 18.3 Å². The number of aliphatic hydroxyl groups excluding tert-OH is 2. The van der Waals surface area contributed by atoms with Gasteiger partial charge in [-0.2, -0.15) is 9.29 Å². The number of phosphoric ester groups is 1. The van der Waals surface area contributed by atoms with Gasteiger partial charge in [0.25, 0.3) is 5.56 Å². The van der Waals surface area contributed by atoms with Crippen LogP contribution >= 0.6 is 15.6 Å². The van der Waals surface area contributed by atoms with E-state index in [9.17, 15) is 33.8 Å². The van der Waals surface area contributed by atoms with Gasteiger partial charge >= 0.3 is 15.6 Å². The molecule has 1 saturated heterocycles. The van der Waals surface area contributed by atoms with E-state index >= 15 is 0 Å². The van der Waals surface area contributed by atoms with Crippen LogP contribution in [0.1, 0.15) is 12.6 Å². The maximum Gasteiger partial charge on any atom is 0.481 e. The first kappa shape index (κ1) is 28.1. The van der Waals surface area contributed by atoms with Crippen LogP contribution in [0.15, 0.2) is 23.8 Å². The number of ether oxygens (including phenoxy) is 1. The van der Waals surface area contributed by atoms with E-state index in [1.165, 1.54) is 0 Å². The number of aromatic amines is 1. The molecule has 0 aromatic carbocycles. The average Bonchev–Trinajstić information content (AvgIpc) is 3.32. The standard InChI is InChI=1S/C16H24N6O12P2/c1-2-9(23)17-4-3-5-18-16-20-13-10(14(26)21-16)19-7-22(13)15-12(25)11(24)8(33-15)6-32-36(30,31)34-35(27,28)29/h2,7-8,11-12,15,24-25H,1,3-6H2,(H,17,23)(H,30,31)(H2,27,28,29)(H2,18,20,21,26)/t8-,11-,12-,15-/m1/s1. The monoisotopic (exact) mass is 554 g/mol. The number of aromatic nitrogens is 4. The zero-order chi connectivity index (χ0) is 26.7. The summed E-state index contributed by atoms with van der Waals surface area (Å²) in [5.74, 6) is -0.281. The Morgan fingerprint density at radius 2 is 2.00 bits per heavy atom. The molecule has 18 nitrogen and oxygen atoms in total. The van der Waals surface area contributed by atoms with Crippen molar-refractivity contribution >= 4 is 38.7 Å². The van der Waals surface area contributed by atoms with Crippen LogP contribution in [0.2, 0.25) is 0 Å². The van der Waals surface area contributed by atoms with E-state index in [-0.39, 0.29) is 23.0 Å². The zero-order valence-electron chi connectivity index (χ0n) is 18.3. The number of phosphoric acid groups is 2. The Kier molecular flexibility index (Phi) is 8.79. The van der Waals surface area contributed by atoms with Crippen molar-refractivity contribution in [1.82, 2.24) is 24.8 Å². The van der Waals surface area contributed by atoms with Gasteiger partial charge in [0.15, 0.2) is 17.4 Å². The highest BCUT2D eigenvalue weighted by Crippen LogP contribution is 2.57. The van der Waals surface area contributed by atoms with E-state index in [0.29, 0.717) is 19.5 Å². The van der Waals surface area contributed by atoms with Crippen molar-refractivity contribution in [2.24, 2.45) is 0 Å². The van der Waals surface area contributed by atoms with Crippen LogP contribution < -0.4 is 16.2 Å². The lowest BCUT2D eigenvalue weighted by Crippen LogP contribution is -2.33. The first-order chi connectivity index (χ1) is 16.8. The normalized spacial score (nSPS) is 23.9. The van der Waals surface area contributed by atoms with Crippen molar-refractivity contribution in [3.63, 3.8) is 0 Å². The third-order valence-corrected chi connectivity index (χ3v) is 6.94. The third-order valence-electron chi connectivity index (χ3n) is 4.79. The highest BCUT2D eigenvalue weighted by atomic mass is 31.3. The number of carbonyl (C=O) groups is 1. The lowest BCUT2D eigenvalue weighted by Gasteiger charge is -2.17. The van der Waals surface area contributed by atoms with Crippen molar-refractivity contribution in [3.05, 3.63) is 29.3 Å². The van der Waals surface area contributed by atoms with Gasteiger partial charge in [-0.15, -0.1) is 0 Å².